The third-order valence-electron chi connectivity index (χ3n) is 5.77. The fraction of sp³-hybridized carbons (Fsp3) is 0.360. The number of nitrogens with zero attached hydrogens (tertiary/aromatic N) is 3. The first-order valence-corrected chi connectivity index (χ1v) is 10.3. The maximum absolute atomic E-state index is 12.4. The Bertz CT molecular complexity index is 1040. The van der Waals surface area contributed by atoms with Crippen LogP contribution >= 0.6 is 0 Å². The van der Waals surface area contributed by atoms with Gasteiger partial charge in [0.1, 0.15) is 5.82 Å². The molecule has 2 heterocycles. The number of hydrogen-bond acceptors (Lipinski definition) is 2. The van der Waals surface area contributed by atoms with Gasteiger partial charge in [0.25, 0.3) is 0 Å². The summed E-state index contributed by atoms with van der Waals surface area (Å²) in [5.74, 6) is 1.30. The van der Waals surface area contributed by atoms with Crippen LogP contribution in [0.4, 0.5) is 0 Å². The molecule has 4 heteroatoms. The predicted octanol–water partition coefficient (Wildman–Crippen LogP) is 4.88. The number of imidazole rings is 1. The van der Waals surface area contributed by atoms with Gasteiger partial charge in [0, 0.05) is 32.0 Å². The van der Waals surface area contributed by atoms with Crippen LogP contribution in [0.25, 0.3) is 11.0 Å². The molecule has 1 atom stereocenters. The van der Waals surface area contributed by atoms with Crippen molar-refractivity contribution in [1.82, 2.24) is 14.5 Å². The summed E-state index contributed by atoms with van der Waals surface area (Å²) in [6, 6.07) is 17.1. The second kappa shape index (κ2) is 7.51. The molecule has 0 bridgehead atoms. The lowest BCUT2D eigenvalue weighted by Gasteiger charge is -2.20. The molecule has 150 valence electrons. The smallest absolute Gasteiger partial charge is 0.223 e. The lowest BCUT2D eigenvalue weighted by molar-refractivity contribution is -0.127. The summed E-state index contributed by atoms with van der Waals surface area (Å²) in [4.78, 5) is 19.2. The second-order valence-electron chi connectivity index (χ2n) is 8.98. The molecule has 4 rings (SSSR count). The van der Waals surface area contributed by atoms with Crippen LogP contribution < -0.4 is 0 Å². The van der Waals surface area contributed by atoms with Crippen LogP contribution in [-0.2, 0) is 16.8 Å². The van der Waals surface area contributed by atoms with Gasteiger partial charge in [0.05, 0.1) is 11.0 Å². The molecular weight excluding hydrogens is 358 g/mol. The third kappa shape index (κ3) is 3.84. The van der Waals surface area contributed by atoms with Crippen molar-refractivity contribution >= 4 is 16.9 Å². The standard InChI is InChI=1S/C25H29N3O/c1-5-14-27-17-19(15-23(27)29)24-26-21-8-6-7-9-22(21)28(24)16-18-10-12-20(13-11-18)25(2,3)4/h5-13,19H,1,14-17H2,2-4H3/t19-/m1/s1. The van der Waals surface area contributed by atoms with E-state index in [-0.39, 0.29) is 17.2 Å². The number of carbonyl (C=O) groups excluding carboxylic acids is 1. The zero-order valence-electron chi connectivity index (χ0n) is 17.6. The van der Waals surface area contributed by atoms with Crippen LogP contribution in [-0.4, -0.2) is 33.4 Å². The van der Waals surface area contributed by atoms with E-state index < -0.39 is 0 Å². The Balaban J connectivity index is 1.69. The molecule has 1 fully saturated rings. The lowest BCUT2D eigenvalue weighted by Crippen LogP contribution is -2.25. The molecule has 1 aromatic heterocycles. The van der Waals surface area contributed by atoms with Gasteiger partial charge in [-0.25, -0.2) is 4.98 Å². The Hall–Kier alpha value is -2.88. The second-order valence-corrected chi connectivity index (χ2v) is 8.98. The number of fused-ring (bicyclic) bond motifs is 1. The van der Waals surface area contributed by atoms with Gasteiger partial charge >= 0.3 is 0 Å². The summed E-state index contributed by atoms with van der Waals surface area (Å²) in [5, 5.41) is 0. The van der Waals surface area contributed by atoms with Crippen LogP contribution in [0.3, 0.4) is 0 Å². The van der Waals surface area contributed by atoms with Crippen LogP contribution in [0.1, 0.15) is 50.1 Å². The Morgan fingerprint density at radius 1 is 1.14 bits per heavy atom. The molecule has 0 spiro atoms. The van der Waals surface area contributed by atoms with Gasteiger partial charge in [-0.3, -0.25) is 4.79 Å². The van der Waals surface area contributed by atoms with E-state index in [1.54, 1.807) is 6.08 Å². The van der Waals surface area contributed by atoms with Gasteiger partial charge < -0.3 is 9.47 Å². The van der Waals surface area contributed by atoms with Gasteiger partial charge in [-0.05, 0) is 28.7 Å². The molecule has 3 aromatic rings. The van der Waals surface area contributed by atoms with Crippen molar-refractivity contribution in [2.45, 2.75) is 45.1 Å². The Morgan fingerprint density at radius 2 is 1.86 bits per heavy atom. The topological polar surface area (TPSA) is 38.1 Å². The van der Waals surface area contributed by atoms with Crippen molar-refractivity contribution in [1.29, 1.82) is 0 Å². The molecule has 2 aromatic carbocycles. The first-order valence-electron chi connectivity index (χ1n) is 10.3. The van der Waals surface area contributed by atoms with Gasteiger partial charge in [0.2, 0.25) is 5.91 Å². The van der Waals surface area contributed by atoms with Crippen molar-refractivity contribution in [2.24, 2.45) is 0 Å². The van der Waals surface area contributed by atoms with E-state index in [4.69, 9.17) is 4.98 Å². The van der Waals surface area contributed by atoms with E-state index >= 15 is 0 Å². The van der Waals surface area contributed by atoms with E-state index in [0.717, 1.165) is 23.4 Å². The fourth-order valence-electron chi connectivity index (χ4n) is 4.14. The largest absolute Gasteiger partial charge is 0.338 e. The highest BCUT2D eigenvalue weighted by Crippen LogP contribution is 2.31. The summed E-state index contributed by atoms with van der Waals surface area (Å²) in [7, 11) is 0. The van der Waals surface area contributed by atoms with Gasteiger partial charge in [-0.15, -0.1) is 6.58 Å². The number of aromatic nitrogens is 2. The summed E-state index contributed by atoms with van der Waals surface area (Å²) in [5.41, 5.74) is 4.83. The number of benzene rings is 2. The van der Waals surface area contributed by atoms with Crippen molar-refractivity contribution in [3.8, 4) is 0 Å². The first-order chi connectivity index (χ1) is 13.9. The van der Waals surface area contributed by atoms with E-state index in [2.05, 4.69) is 74.4 Å². The van der Waals surface area contributed by atoms with Crippen LogP contribution in [0, 0.1) is 0 Å². The number of amides is 1. The summed E-state index contributed by atoms with van der Waals surface area (Å²) in [6.07, 6.45) is 2.31. The maximum Gasteiger partial charge on any atom is 0.223 e. The Kier molecular flexibility index (Phi) is 5.03. The summed E-state index contributed by atoms with van der Waals surface area (Å²) < 4.78 is 2.29. The van der Waals surface area contributed by atoms with E-state index in [0.29, 0.717) is 19.5 Å². The zero-order valence-corrected chi connectivity index (χ0v) is 17.6. The molecule has 0 N–H and O–H groups in total. The number of hydrogen-bond donors (Lipinski definition) is 0. The Morgan fingerprint density at radius 3 is 2.55 bits per heavy atom. The molecule has 0 unspecified atom stereocenters. The first kappa shape index (κ1) is 19.4. The normalized spacial score (nSPS) is 17.3. The van der Waals surface area contributed by atoms with E-state index in [1.165, 1.54) is 11.1 Å². The molecule has 1 aliphatic rings. The van der Waals surface area contributed by atoms with Gasteiger partial charge in [-0.2, -0.15) is 0 Å². The van der Waals surface area contributed by atoms with Crippen LogP contribution in [0.2, 0.25) is 0 Å². The average Bonchev–Trinajstić information content (AvgIpc) is 3.23. The van der Waals surface area contributed by atoms with E-state index in [1.807, 2.05) is 11.0 Å². The molecule has 0 aliphatic carbocycles. The van der Waals surface area contributed by atoms with Crippen molar-refractivity contribution < 1.29 is 4.79 Å². The Labute approximate surface area is 172 Å². The van der Waals surface area contributed by atoms with Crippen LogP contribution in [0.5, 0.6) is 0 Å². The lowest BCUT2D eigenvalue weighted by atomic mass is 9.87. The minimum Gasteiger partial charge on any atom is -0.338 e. The highest BCUT2D eigenvalue weighted by atomic mass is 16.2. The SMILES string of the molecule is C=CCN1C[C@H](c2nc3ccccc3n2Cc2ccc(C(C)(C)C)cc2)CC1=O. The third-order valence-corrected chi connectivity index (χ3v) is 5.77. The molecule has 1 amide bonds. The molecule has 0 radical (unpaired) electrons. The molecule has 4 nitrogen and oxygen atoms in total. The van der Waals surface area contributed by atoms with Crippen molar-refractivity contribution in [3.63, 3.8) is 0 Å². The van der Waals surface area contributed by atoms with Crippen molar-refractivity contribution in [2.75, 3.05) is 13.1 Å². The molecule has 1 saturated heterocycles. The highest BCUT2D eigenvalue weighted by Gasteiger charge is 2.33. The minimum atomic E-state index is 0.115. The summed E-state index contributed by atoms with van der Waals surface area (Å²) in [6.45, 7) is 12.5. The zero-order chi connectivity index (χ0) is 20.6. The predicted molar refractivity (Wildman–Crippen MR) is 118 cm³/mol. The fourth-order valence-corrected chi connectivity index (χ4v) is 4.14. The van der Waals surface area contributed by atoms with Gasteiger partial charge in [0.15, 0.2) is 0 Å². The number of rotatable bonds is 5. The summed E-state index contributed by atoms with van der Waals surface area (Å²) >= 11 is 0. The molecule has 29 heavy (non-hydrogen) atoms. The maximum atomic E-state index is 12.4. The number of para-hydroxylation sites is 2. The van der Waals surface area contributed by atoms with Crippen LogP contribution in [0.15, 0.2) is 61.2 Å². The van der Waals surface area contributed by atoms with Crippen molar-refractivity contribution in [3.05, 3.63) is 78.1 Å². The van der Waals surface area contributed by atoms with E-state index in [9.17, 15) is 4.79 Å². The minimum absolute atomic E-state index is 0.115. The monoisotopic (exact) mass is 387 g/mol. The number of carbonyl (C=O) groups is 1. The molecule has 1 aliphatic heterocycles. The number of likely N-dealkylation sites (tertiary alicyclic amines) is 1. The van der Waals surface area contributed by atoms with Gasteiger partial charge in [-0.1, -0.05) is 63.2 Å². The highest BCUT2D eigenvalue weighted by molar-refractivity contribution is 5.81. The average molecular weight is 388 g/mol. The molecular formula is C25H29N3O. The molecule has 0 saturated carbocycles. The quantitative estimate of drug-likeness (QED) is 0.585.